The predicted molar refractivity (Wildman–Crippen MR) is 155 cm³/mol. The number of halogens is 4. The summed E-state index contributed by atoms with van der Waals surface area (Å²) in [5, 5.41) is 25.1. The number of hydrogen-bond donors (Lipinski definition) is 4. The van der Waals surface area contributed by atoms with Crippen LogP contribution in [0, 0.1) is 11.8 Å². The van der Waals surface area contributed by atoms with Crippen molar-refractivity contribution in [2.75, 3.05) is 11.9 Å². The van der Waals surface area contributed by atoms with E-state index in [1.807, 2.05) is 4.90 Å². The number of carbonyl (C=O) groups is 2. The van der Waals surface area contributed by atoms with Crippen molar-refractivity contribution in [1.29, 1.82) is 0 Å². The number of aliphatic carboxylic acids is 1. The third kappa shape index (κ3) is 8.84. The Morgan fingerprint density at radius 3 is 2.21 bits per heavy atom. The quantitative estimate of drug-likeness (QED) is 0.207. The van der Waals surface area contributed by atoms with Crippen LogP contribution in [0.4, 0.5) is 18.9 Å². The topological polar surface area (TPSA) is 102 Å². The fraction of sp³-hybridized carbons (Fsp3) is 0.548. The van der Waals surface area contributed by atoms with Gasteiger partial charge in [0.25, 0.3) is 5.91 Å². The van der Waals surface area contributed by atoms with Gasteiger partial charge in [0.2, 0.25) is 0 Å². The molecule has 2 aliphatic carbocycles. The molecule has 0 heterocycles. The Balaban J connectivity index is 1.47. The van der Waals surface area contributed by atoms with Crippen molar-refractivity contribution in [3.63, 3.8) is 0 Å². The number of carbonyl (C=O) groups excluding carboxylic acids is 1. The van der Waals surface area contributed by atoms with Gasteiger partial charge in [-0.1, -0.05) is 55.8 Å². The van der Waals surface area contributed by atoms with E-state index in [9.17, 15) is 27.9 Å². The van der Waals surface area contributed by atoms with Gasteiger partial charge in [0.05, 0.1) is 17.0 Å². The molecule has 4 N–H and O–H groups in total. The average molecular weight is 610 g/mol. The summed E-state index contributed by atoms with van der Waals surface area (Å²) < 4.78 is 40.3. The lowest BCUT2D eigenvalue weighted by Gasteiger charge is -2.42. The van der Waals surface area contributed by atoms with Gasteiger partial charge in [-0.25, -0.2) is 0 Å². The van der Waals surface area contributed by atoms with E-state index in [0.717, 1.165) is 43.2 Å². The average Bonchev–Trinajstić information content (AvgIpc) is 2.97. The van der Waals surface area contributed by atoms with Gasteiger partial charge >= 0.3 is 12.1 Å². The van der Waals surface area contributed by atoms with E-state index in [0.29, 0.717) is 18.0 Å². The van der Waals surface area contributed by atoms with Crippen LogP contribution in [-0.2, 0) is 17.5 Å². The van der Waals surface area contributed by atoms with Crippen molar-refractivity contribution in [3.8, 4) is 0 Å². The van der Waals surface area contributed by atoms with Crippen molar-refractivity contribution in [2.45, 2.75) is 89.3 Å². The summed E-state index contributed by atoms with van der Waals surface area (Å²) in [6.07, 6.45) is 4.21. The molecule has 230 valence electrons. The maximum atomic E-state index is 13.4. The molecular weight excluding hydrogens is 571 g/mol. The van der Waals surface area contributed by atoms with Gasteiger partial charge in [-0.2, -0.15) is 13.2 Å². The number of carboxylic acids is 1. The molecule has 7 nitrogen and oxygen atoms in total. The molecule has 1 unspecified atom stereocenters. The standard InChI is InChI=1S/C31H39ClF3N3O4/c32-27-15-12-24(18-26(27)31(33,34)35)37-30(42)38(25-13-10-22(11-14-25)21-4-2-1-3-5-21)19-20-6-8-23(9-7-20)29(41)36-17-16-28(39)40/h6-9,12,15,18,21-22,25,30,37,42H,1-5,10-11,13-14,16-17,19H2,(H,36,41)(H,39,40). The lowest BCUT2D eigenvalue weighted by atomic mass is 9.72. The van der Waals surface area contributed by atoms with E-state index in [1.54, 1.807) is 24.3 Å². The first-order chi connectivity index (χ1) is 20.0. The van der Waals surface area contributed by atoms with Gasteiger partial charge in [0.1, 0.15) is 0 Å². The maximum Gasteiger partial charge on any atom is 0.417 e. The lowest BCUT2D eigenvalue weighted by molar-refractivity contribution is -0.138. The van der Waals surface area contributed by atoms with E-state index < -0.39 is 29.1 Å². The van der Waals surface area contributed by atoms with E-state index in [1.165, 1.54) is 44.2 Å². The minimum Gasteiger partial charge on any atom is -0.481 e. The molecular formula is C31H39ClF3N3O4. The minimum atomic E-state index is -4.63. The highest BCUT2D eigenvalue weighted by Gasteiger charge is 2.35. The van der Waals surface area contributed by atoms with Gasteiger partial charge in [-0.15, -0.1) is 0 Å². The molecule has 0 saturated heterocycles. The van der Waals surface area contributed by atoms with Crippen LogP contribution in [0.15, 0.2) is 42.5 Å². The first kappa shape index (κ1) is 32.1. The molecule has 1 atom stereocenters. The van der Waals surface area contributed by atoms with Gasteiger partial charge in [0.15, 0.2) is 6.35 Å². The zero-order chi connectivity index (χ0) is 30.3. The molecule has 0 bridgehead atoms. The summed E-state index contributed by atoms with van der Waals surface area (Å²) in [6.45, 7) is 0.333. The molecule has 2 aliphatic rings. The Bertz CT molecular complexity index is 1200. The molecule has 0 aromatic heterocycles. The summed E-state index contributed by atoms with van der Waals surface area (Å²) in [4.78, 5) is 24.9. The van der Waals surface area contributed by atoms with Crippen LogP contribution in [0.25, 0.3) is 0 Å². The van der Waals surface area contributed by atoms with Gasteiger partial charge in [-0.05, 0) is 73.4 Å². The van der Waals surface area contributed by atoms with E-state index in [2.05, 4.69) is 10.6 Å². The highest BCUT2D eigenvalue weighted by atomic mass is 35.5. The molecule has 0 spiro atoms. The number of nitrogens with zero attached hydrogens (tertiary/aromatic N) is 1. The molecule has 1 amide bonds. The Kier molecular flexibility index (Phi) is 11.1. The Labute approximate surface area is 249 Å². The van der Waals surface area contributed by atoms with Crippen LogP contribution in [0.3, 0.4) is 0 Å². The van der Waals surface area contributed by atoms with Crippen molar-refractivity contribution < 1.29 is 33.0 Å². The Morgan fingerprint density at radius 1 is 0.952 bits per heavy atom. The second-order valence-corrected chi connectivity index (χ2v) is 11.9. The van der Waals surface area contributed by atoms with Crippen molar-refractivity contribution >= 4 is 29.2 Å². The lowest BCUT2D eigenvalue weighted by Crippen LogP contribution is -2.48. The maximum absolute atomic E-state index is 13.4. The van der Waals surface area contributed by atoms with Crippen molar-refractivity contribution in [1.82, 2.24) is 10.2 Å². The fourth-order valence-electron chi connectivity index (χ4n) is 6.35. The number of nitrogens with one attached hydrogen (secondary N) is 2. The highest BCUT2D eigenvalue weighted by Crippen LogP contribution is 2.40. The summed E-state index contributed by atoms with van der Waals surface area (Å²) >= 11 is 5.79. The number of rotatable bonds is 11. The van der Waals surface area contributed by atoms with Crippen LogP contribution in [-0.4, -0.2) is 45.9 Å². The molecule has 2 fully saturated rings. The summed E-state index contributed by atoms with van der Waals surface area (Å²) in [5.74, 6) is 0.0304. The van der Waals surface area contributed by atoms with Gasteiger partial charge < -0.3 is 20.8 Å². The predicted octanol–water partition coefficient (Wildman–Crippen LogP) is 6.89. The number of benzene rings is 2. The second-order valence-electron chi connectivity index (χ2n) is 11.4. The first-order valence-electron chi connectivity index (χ1n) is 14.7. The fourth-order valence-corrected chi connectivity index (χ4v) is 6.57. The number of carboxylic acid groups (broad SMARTS) is 1. The zero-order valence-corrected chi connectivity index (χ0v) is 24.3. The molecule has 42 heavy (non-hydrogen) atoms. The number of aliphatic hydroxyl groups excluding tert-OH is 1. The number of alkyl halides is 3. The zero-order valence-electron chi connectivity index (χ0n) is 23.5. The number of amides is 1. The normalized spacial score (nSPS) is 20.7. The van der Waals surface area contributed by atoms with Crippen LogP contribution >= 0.6 is 11.6 Å². The summed E-state index contributed by atoms with van der Waals surface area (Å²) in [6, 6.07) is 10.3. The molecule has 0 aliphatic heterocycles. The monoisotopic (exact) mass is 609 g/mol. The van der Waals surface area contributed by atoms with Crippen LogP contribution in [0.1, 0.15) is 85.7 Å². The number of hydrogen-bond acceptors (Lipinski definition) is 5. The molecule has 2 saturated carbocycles. The molecule has 4 rings (SSSR count). The molecule has 2 aromatic carbocycles. The molecule has 0 radical (unpaired) electrons. The molecule has 11 heteroatoms. The summed E-state index contributed by atoms with van der Waals surface area (Å²) in [5.41, 5.74) is 0.328. The SMILES string of the molecule is O=C(O)CCNC(=O)c1ccc(CN(C2CCC(C3CCCCC3)CC2)C(O)Nc2ccc(Cl)c(C(F)(F)F)c2)cc1. The van der Waals surface area contributed by atoms with Crippen LogP contribution < -0.4 is 10.6 Å². The van der Waals surface area contributed by atoms with Crippen LogP contribution in [0.5, 0.6) is 0 Å². The van der Waals surface area contributed by atoms with E-state index in [4.69, 9.17) is 16.7 Å². The number of anilines is 1. The summed E-state index contributed by atoms with van der Waals surface area (Å²) in [7, 11) is 0. The van der Waals surface area contributed by atoms with Crippen LogP contribution in [0.2, 0.25) is 5.02 Å². The molecule has 2 aromatic rings. The largest absolute Gasteiger partial charge is 0.481 e. The Hall–Kier alpha value is -2.82. The third-order valence-corrected chi connectivity index (χ3v) is 8.94. The number of aliphatic hydroxyl groups is 1. The van der Waals surface area contributed by atoms with Crippen molar-refractivity contribution in [3.05, 3.63) is 64.2 Å². The van der Waals surface area contributed by atoms with Crippen molar-refractivity contribution in [2.24, 2.45) is 11.8 Å². The Morgan fingerprint density at radius 2 is 1.60 bits per heavy atom. The van der Waals surface area contributed by atoms with Gasteiger partial charge in [-0.3, -0.25) is 14.5 Å². The second kappa shape index (κ2) is 14.6. The smallest absolute Gasteiger partial charge is 0.417 e. The van der Waals surface area contributed by atoms with E-state index >= 15 is 0 Å². The highest BCUT2D eigenvalue weighted by molar-refractivity contribution is 6.31. The first-order valence-corrected chi connectivity index (χ1v) is 15.0. The van der Waals surface area contributed by atoms with Gasteiger partial charge in [0, 0.05) is 30.4 Å². The minimum absolute atomic E-state index is 0.0146. The third-order valence-electron chi connectivity index (χ3n) is 8.61. The van der Waals surface area contributed by atoms with E-state index in [-0.39, 0.29) is 30.6 Å².